The summed E-state index contributed by atoms with van der Waals surface area (Å²) in [4.78, 5) is 0. The van der Waals surface area contributed by atoms with Crippen LogP contribution in [0.1, 0.15) is 18.1 Å². The molecule has 76 valence electrons. The minimum atomic E-state index is 0.678. The first-order valence-corrected chi connectivity index (χ1v) is 4.73. The van der Waals surface area contributed by atoms with Gasteiger partial charge in [0.2, 0.25) is 0 Å². The summed E-state index contributed by atoms with van der Waals surface area (Å²) in [5.74, 6) is 5.65. The van der Waals surface area contributed by atoms with Crippen molar-refractivity contribution in [2.45, 2.75) is 19.9 Å². The van der Waals surface area contributed by atoms with Crippen molar-refractivity contribution in [1.82, 2.24) is 5.01 Å². The topological polar surface area (TPSA) is 55.3 Å². The first-order valence-electron chi connectivity index (χ1n) is 4.73. The zero-order chi connectivity index (χ0) is 10.4. The van der Waals surface area contributed by atoms with Crippen LogP contribution in [-0.4, -0.2) is 5.01 Å². The fraction of sp³-hybridized carbons (Fsp3) is 0.273. The monoisotopic (exact) mass is 191 g/mol. The lowest BCUT2D eigenvalue weighted by Crippen LogP contribution is -2.24. The largest absolute Gasteiger partial charge is 0.403 e. The van der Waals surface area contributed by atoms with Crippen molar-refractivity contribution in [2.24, 2.45) is 11.6 Å². The van der Waals surface area contributed by atoms with Crippen LogP contribution in [0.2, 0.25) is 0 Å². The van der Waals surface area contributed by atoms with Gasteiger partial charge >= 0.3 is 0 Å². The predicted octanol–water partition coefficient (Wildman–Crippen LogP) is 1.35. The van der Waals surface area contributed by atoms with Crippen LogP contribution in [-0.2, 0) is 13.0 Å². The Kier molecular flexibility index (Phi) is 4.01. The summed E-state index contributed by atoms with van der Waals surface area (Å²) in [7, 11) is 0. The molecule has 0 heterocycles. The number of hydrogen-bond acceptors (Lipinski definition) is 3. The molecular weight excluding hydrogens is 174 g/mol. The smallest absolute Gasteiger partial charge is 0.0586 e. The van der Waals surface area contributed by atoms with Crippen molar-refractivity contribution in [2.75, 3.05) is 0 Å². The van der Waals surface area contributed by atoms with E-state index in [1.54, 1.807) is 11.2 Å². The van der Waals surface area contributed by atoms with Gasteiger partial charge in [-0.25, -0.2) is 5.84 Å². The summed E-state index contributed by atoms with van der Waals surface area (Å²) in [6.07, 6.45) is 4.14. The Morgan fingerprint density at radius 2 is 1.79 bits per heavy atom. The third-order valence-corrected chi connectivity index (χ3v) is 2.07. The van der Waals surface area contributed by atoms with E-state index in [0.717, 1.165) is 6.42 Å². The molecule has 0 atom stereocenters. The molecule has 0 aliphatic rings. The Bertz CT molecular complexity index is 290. The maximum Gasteiger partial charge on any atom is 0.0586 e. The second kappa shape index (κ2) is 5.29. The molecule has 0 radical (unpaired) electrons. The zero-order valence-electron chi connectivity index (χ0n) is 8.48. The van der Waals surface area contributed by atoms with Crippen LogP contribution < -0.4 is 11.6 Å². The standard InChI is InChI=1S/C11H17N3/c1-2-10-3-5-11(6-4-10)9-14(13)8-7-12/h3-8H,2,9,12-13H2,1H3/b8-7-. The lowest BCUT2D eigenvalue weighted by atomic mass is 10.1. The van der Waals surface area contributed by atoms with Gasteiger partial charge in [0.05, 0.1) is 6.54 Å². The maximum absolute atomic E-state index is 5.65. The molecule has 3 nitrogen and oxygen atoms in total. The van der Waals surface area contributed by atoms with Crippen molar-refractivity contribution in [3.05, 3.63) is 47.8 Å². The van der Waals surface area contributed by atoms with E-state index in [0.29, 0.717) is 6.54 Å². The van der Waals surface area contributed by atoms with E-state index in [1.165, 1.54) is 17.3 Å². The summed E-state index contributed by atoms with van der Waals surface area (Å²) in [5, 5.41) is 1.56. The Morgan fingerprint density at radius 1 is 1.21 bits per heavy atom. The number of nitrogens with zero attached hydrogens (tertiary/aromatic N) is 1. The highest BCUT2D eigenvalue weighted by atomic mass is 15.4. The minimum absolute atomic E-state index is 0.678. The van der Waals surface area contributed by atoms with Crippen molar-refractivity contribution < 1.29 is 0 Å². The van der Waals surface area contributed by atoms with E-state index in [2.05, 4.69) is 31.2 Å². The number of benzene rings is 1. The van der Waals surface area contributed by atoms with Gasteiger partial charge in [0, 0.05) is 12.4 Å². The minimum Gasteiger partial charge on any atom is -0.403 e. The lowest BCUT2D eigenvalue weighted by molar-refractivity contribution is 0.386. The summed E-state index contributed by atoms with van der Waals surface area (Å²) in [6.45, 7) is 2.82. The average Bonchev–Trinajstić information content (AvgIpc) is 2.19. The van der Waals surface area contributed by atoms with E-state index in [1.807, 2.05) is 0 Å². The molecule has 0 saturated carbocycles. The maximum atomic E-state index is 5.65. The number of nitrogens with two attached hydrogens (primary N) is 2. The van der Waals surface area contributed by atoms with Gasteiger partial charge < -0.3 is 10.7 Å². The second-order valence-electron chi connectivity index (χ2n) is 3.18. The summed E-state index contributed by atoms with van der Waals surface area (Å²) < 4.78 is 0. The molecule has 1 aromatic rings. The summed E-state index contributed by atoms with van der Waals surface area (Å²) >= 11 is 0. The van der Waals surface area contributed by atoms with Crippen LogP contribution in [0.15, 0.2) is 36.7 Å². The van der Waals surface area contributed by atoms with Crippen LogP contribution >= 0.6 is 0 Å². The average molecular weight is 191 g/mol. The molecule has 1 rings (SSSR count). The van der Waals surface area contributed by atoms with Gasteiger partial charge in [-0.2, -0.15) is 0 Å². The lowest BCUT2D eigenvalue weighted by Gasteiger charge is -2.13. The van der Waals surface area contributed by atoms with E-state index in [4.69, 9.17) is 11.6 Å². The third-order valence-electron chi connectivity index (χ3n) is 2.07. The molecule has 0 aliphatic carbocycles. The number of hydrogen-bond donors (Lipinski definition) is 2. The summed E-state index contributed by atoms with van der Waals surface area (Å²) in [5.41, 5.74) is 7.75. The SMILES string of the molecule is CCc1ccc(CN(N)/C=C\N)cc1. The van der Waals surface area contributed by atoms with Gasteiger partial charge in [0.15, 0.2) is 0 Å². The van der Waals surface area contributed by atoms with E-state index < -0.39 is 0 Å². The van der Waals surface area contributed by atoms with Gasteiger partial charge in [-0.3, -0.25) is 0 Å². The van der Waals surface area contributed by atoms with Crippen molar-refractivity contribution in [3.63, 3.8) is 0 Å². The van der Waals surface area contributed by atoms with Crippen LogP contribution in [0, 0.1) is 0 Å². The third kappa shape index (κ3) is 3.11. The molecule has 1 aromatic carbocycles. The molecule has 0 unspecified atom stereocenters. The molecule has 0 fully saturated rings. The fourth-order valence-corrected chi connectivity index (χ4v) is 1.25. The normalized spacial score (nSPS) is 10.7. The van der Waals surface area contributed by atoms with Crippen molar-refractivity contribution in [1.29, 1.82) is 0 Å². The van der Waals surface area contributed by atoms with E-state index in [-0.39, 0.29) is 0 Å². The molecule has 0 aliphatic heterocycles. The van der Waals surface area contributed by atoms with E-state index in [9.17, 15) is 0 Å². The van der Waals surface area contributed by atoms with E-state index >= 15 is 0 Å². The van der Waals surface area contributed by atoms with Crippen molar-refractivity contribution >= 4 is 0 Å². The first kappa shape index (κ1) is 10.6. The molecular formula is C11H17N3. The number of hydrazine groups is 1. The molecule has 4 N–H and O–H groups in total. The Labute approximate surface area is 85.0 Å². The first-order chi connectivity index (χ1) is 6.76. The highest BCUT2D eigenvalue weighted by molar-refractivity contribution is 5.22. The number of rotatable bonds is 4. The zero-order valence-corrected chi connectivity index (χ0v) is 8.48. The van der Waals surface area contributed by atoms with Gasteiger partial charge in [-0.1, -0.05) is 31.2 Å². The van der Waals surface area contributed by atoms with Crippen LogP contribution in [0.3, 0.4) is 0 Å². The summed E-state index contributed by atoms with van der Waals surface area (Å²) in [6, 6.07) is 8.41. The molecule has 14 heavy (non-hydrogen) atoms. The molecule has 0 saturated heterocycles. The molecule has 0 bridgehead atoms. The van der Waals surface area contributed by atoms with Crippen LogP contribution in [0.4, 0.5) is 0 Å². The highest BCUT2D eigenvalue weighted by Crippen LogP contribution is 2.06. The fourth-order valence-electron chi connectivity index (χ4n) is 1.25. The van der Waals surface area contributed by atoms with Gasteiger partial charge in [0.1, 0.15) is 0 Å². The predicted molar refractivity (Wildman–Crippen MR) is 58.9 cm³/mol. The Hall–Kier alpha value is -1.48. The van der Waals surface area contributed by atoms with Gasteiger partial charge in [0.25, 0.3) is 0 Å². The van der Waals surface area contributed by atoms with Gasteiger partial charge in [-0.05, 0) is 17.5 Å². The molecule has 3 heteroatoms. The molecule has 0 spiro atoms. The Balaban J connectivity index is 2.59. The second-order valence-corrected chi connectivity index (χ2v) is 3.18. The molecule has 0 aromatic heterocycles. The highest BCUT2D eigenvalue weighted by Gasteiger charge is 1.95. The number of aryl methyl sites for hydroxylation is 1. The van der Waals surface area contributed by atoms with Gasteiger partial charge in [-0.15, -0.1) is 0 Å². The Morgan fingerprint density at radius 3 is 2.29 bits per heavy atom. The quantitative estimate of drug-likeness (QED) is 0.558. The van der Waals surface area contributed by atoms with Crippen LogP contribution in [0.5, 0.6) is 0 Å². The van der Waals surface area contributed by atoms with Crippen molar-refractivity contribution in [3.8, 4) is 0 Å². The van der Waals surface area contributed by atoms with Crippen LogP contribution in [0.25, 0.3) is 0 Å². The molecule has 0 amide bonds.